The summed E-state index contributed by atoms with van der Waals surface area (Å²) in [6.45, 7) is 9.84. The number of halogens is 2. The number of piperidine rings is 1. The largest absolute Gasteiger partial charge is 0.342 e. The van der Waals surface area contributed by atoms with Crippen LogP contribution in [0.5, 0.6) is 0 Å². The summed E-state index contributed by atoms with van der Waals surface area (Å²) < 4.78 is 0. The predicted octanol–water partition coefficient (Wildman–Crippen LogP) is 4.40. The first-order valence-electron chi connectivity index (χ1n) is 8.83. The van der Waals surface area contributed by atoms with Crippen molar-refractivity contribution in [2.45, 2.75) is 46.6 Å². The molecule has 0 radical (unpaired) electrons. The molecule has 1 atom stereocenters. The van der Waals surface area contributed by atoms with Gasteiger partial charge in [-0.25, -0.2) is 4.98 Å². The summed E-state index contributed by atoms with van der Waals surface area (Å²) in [5, 5.41) is 0.999. The van der Waals surface area contributed by atoms with Crippen LogP contribution in [0.2, 0.25) is 0 Å². The van der Waals surface area contributed by atoms with E-state index in [1.165, 1.54) is 5.56 Å². The Balaban J connectivity index is 0.00000182. The summed E-state index contributed by atoms with van der Waals surface area (Å²) in [5.74, 6) is 0.178. The highest BCUT2D eigenvalue weighted by molar-refractivity contribution is 7.12. The van der Waals surface area contributed by atoms with Gasteiger partial charge in [-0.05, 0) is 25.7 Å². The minimum absolute atomic E-state index is 0. The van der Waals surface area contributed by atoms with Crippen LogP contribution in [-0.4, -0.2) is 34.9 Å². The number of hydrogen-bond donors (Lipinski definition) is 1. The Hall–Kier alpha value is -1.14. The first kappa shape index (κ1) is 23.9. The number of likely N-dealkylation sites (tertiary alicyclic amines) is 1. The van der Waals surface area contributed by atoms with E-state index < -0.39 is 0 Å². The van der Waals surface area contributed by atoms with Crippen LogP contribution in [0.1, 0.15) is 35.7 Å². The van der Waals surface area contributed by atoms with E-state index in [4.69, 9.17) is 5.73 Å². The van der Waals surface area contributed by atoms with Crippen LogP contribution >= 0.6 is 36.2 Å². The Morgan fingerprint density at radius 2 is 1.89 bits per heavy atom. The molecular formula is C20H29Cl2N3OS. The van der Waals surface area contributed by atoms with Crippen molar-refractivity contribution in [3.05, 3.63) is 39.7 Å². The number of aromatic nitrogens is 1. The quantitative estimate of drug-likeness (QED) is 0.785. The van der Waals surface area contributed by atoms with Crippen LogP contribution in [0.15, 0.2) is 24.3 Å². The smallest absolute Gasteiger partial charge is 0.227 e. The summed E-state index contributed by atoms with van der Waals surface area (Å²) in [7, 11) is 0. The molecule has 1 saturated heterocycles. The first-order chi connectivity index (χ1) is 11.8. The predicted molar refractivity (Wildman–Crippen MR) is 118 cm³/mol. The fourth-order valence-corrected chi connectivity index (χ4v) is 4.31. The molecule has 4 nitrogen and oxygen atoms in total. The number of thiazole rings is 1. The van der Waals surface area contributed by atoms with Gasteiger partial charge >= 0.3 is 0 Å². The van der Waals surface area contributed by atoms with Crippen molar-refractivity contribution in [1.82, 2.24) is 9.88 Å². The van der Waals surface area contributed by atoms with E-state index in [0.717, 1.165) is 40.7 Å². The van der Waals surface area contributed by atoms with Crippen molar-refractivity contribution in [2.75, 3.05) is 13.1 Å². The topological polar surface area (TPSA) is 59.2 Å². The Morgan fingerprint density at radius 1 is 1.26 bits per heavy atom. The third kappa shape index (κ3) is 5.44. The molecule has 0 bridgehead atoms. The Labute approximate surface area is 178 Å². The van der Waals surface area contributed by atoms with E-state index in [2.05, 4.69) is 50.0 Å². The van der Waals surface area contributed by atoms with Gasteiger partial charge in [0.2, 0.25) is 5.91 Å². The molecule has 1 unspecified atom stereocenters. The fourth-order valence-electron chi connectivity index (χ4n) is 3.36. The van der Waals surface area contributed by atoms with Gasteiger partial charge in [-0.1, -0.05) is 43.7 Å². The number of nitrogens with zero attached hydrogens (tertiary/aromatic N) is 2. The van der Waals surface area contributed by atoms with Gasteiger partial charge in [0.1, 0.15) is 0 Å². The lowest BCUT2D eigenvalue weighted by atomic mass is 9.79. The second-order valence-corrected chi connectivity index (χ2v) is 9.03. The lowest BCUT2D eigenvalue weighted by Gasteiger charge is -2.42. The Kier molecular flexibility index (Phi) is 8.30. The minimum Gasteiger partial charge on any atom is -0.342 e. The van der Waals surface area contributed by atoms with Crippen LogP contribution in [0.25, 0.3) is 11.3 Å². The van der Waals surface area contributed by atoms with Gasteiger partial charge < -0.3 is 10.6 Å². The average molecular weight is 430 g/mol. The molecule has 150 valence electrons. The van der Waals surface area contributed by atoms with Crippen molar-refractivity contribution in [2.24, 2.45) is 11.1 Å². The maximum Gasteiger partial charge on any atom is 0.227 e. The van der Waals surface area contributed by atoms with E-state index in [1.54, 1.807) is 11.3 Å². The van der Waals surface area contributed by atoms with E-state index in [1.807, 2.05) is 11.8 Å². The summed E-state index contributed by atoms with van der Waals surface area (Å²) in [5.41, 5.74) is 9.42. The normalized spacial score (nSPS) is 18.4. The molecule has 2 heterocycles. The molecule has 0 spiro atoms. The van der Waals surface area contributed by atoms with Crippen LogP contribution in [-0.2, 0) is 11.2 Å². The number of nitrogens with two attached hydrogens (primary N) is 1. The van der Waals surface area contributed by atoms with E-state index >= 15 is 0 Å². The van der Waals surface area contributed by atoms with Crippen molar-refractivity contribution >= 4 is 42.1 Å². The van der Waals surface area contributed by atoms with Crippen LogP contribution < -0.4 is 5.73 Å². The van der Waals surface area contributed by atoms with Crippen LogP contribution in [0.4, 0.5) is 0 Å². The molecule has 1 aromatic heterocycles. The van der Waals surface area contributed by atoms with Gasteiger partial charge in [0.05, 0.1) is 17.1 Å². The summed E-state index contributed by atoms with van der Waals surface area (Å²) in [6.07, 6.45) is 1.28. The van der Waals surface area contributed by atoms with Crippen LogP contribution in [0.3, 0.4) is 0 Å². The molecule has 2 aromatic rings. The number of rotatable bonds is 3. The molecule has 27 heavy (non-hydrogen) atoms. The molecule has 2 N–H and O–H groups in total. The summed E-state index contributed by atoms with van der Waals surface area (Å²) in [6, 6.07) is 8.50. The van der Waals surface area contributed by atoms with Crippen molar-refractivity contribution in [1.29, 1.82) is 0 Å². The highest BCUT2D eigenvalue weighted by Gasteiger charge is 2.35. The molecule has 1 aliphatic rings. The van der Waals surface area contributed by atoms with Crippen LogP contribution in [0, 0.1) is 19.3 Å². The van der Waals surface area contributed by atoms with Crippen molar-refractivity contribution in [3.63, 3.8) is 0 Å². The summed E-state index contributed by atoms with van der Waals surface area (Å²) in [4.78, 5) is 20.6. The van der Waals surface area contributed by atoms with E-state index in [9.17, 15) is 4.79 Å². The van der Waals surface area contributed by atoms with E-state index in [0.29, 0.717) is 6.42 Å². The zero-order valence-corrected chi connectivity index (χ0v) is 18.8. The Morgan fingerprint density at radius 3 is 2.48 bits per heavy atom. The Bertz CT molecular complexity index is 774. The monoisotopic (exact) mass is 429 g/mol. The lowest BCUT2D eigenvalue weighted by molar-refractivity contribution is -0.133. The van der Waals surface area contributed by atoms with Gasteiger partial charge in [-0.2, -0.15) is 0 Å². The fraction of sp³-hybridized carbons (Fsp3) is 0.500. The van der Waals surface area contributed by atoms with Crippen molar-refractivity contribution in [3.8, 4) is 11.3 Å². The van der Waals surface area contributed by atoms with Gasteiger partial charge in [0, 0.05) is 29.6 Å². The number of aryl methyl sites for hydroxylation is 2. The highest BCUT2D eigenvalue weighted by atomic mass is 35.5. The highest BCUT2D eigenvalue weighted by Crippen LogP contribution is 2.31. The van der Waals surface area contributed by atoms with Gasteiger partial charge in [0.15, 0.2) is 0 Å². The van der Waals surface area contributed by atoms with Crippen molar-refractivity contribution < 1.29 is 4.79 Å². The average Bonchev–Trinajstić information content (AvgIpc) is 2.91. The van der Waals surface area contributed by atoms with Gasteiger partial charge in [-0.15, -0.1) is 36.2 Å². The number of carbonyl (C=O) groups is 1. The standard InChI is InChI=1S/C20H27N3OS.2ClH/c1-13-5-7-15(8-6-13)19-16(25-14(2)22-19)11-18(24)23-10-9-17(21)20(3,4)12-23;;/h5-8,17H,9-12,21H2,1-4H3;2*1H. The van der Waals surface area contributed by atoms with Gasteiger partial charge in [-0.3, -0.25) is 4.79 Å². The number of benzene rings is 1. The minimum atomic E-state index is -0.0304. The molecule has 1 aromatic carbocycles. The third-order valence-corrected chi connectivity index (χ3v) is 6.08. The zero-order chi connectivity index (χ0) is 18.2. The molecule has 1 aliphatic heterocycles. The molecule has 0 saturated carbocycles. The number of hydrogen-bond acceptors (Lipinski definition) is 4. The molecular weight excluding hydrogens is 401 g/mol. The molecule has 0 aliphatic carbocycles. The maximum atomic E-state index is 12.9. The molecule has 7 heteroatoms. The number of amides is 1. The zero-order valence-electron chi connectivity index (χ0n) is 16.3. The lowest BCUT2D eigenvalue weighted by Crippen LogP contribution is -2.54. The number of carbonyl (C=O) groups excluding carboxylic acids is 1. The van der Waals surface area contributed by atoms with Gasteiger partial charge in [0.25, 0.3) is 0 Å². The summed E-state index contributed by atoms with van der Waals surface area (Å²) >= 11 is 1.62. The second kappa shape index (κ2) is 9.37. The first-order valence-corrected chi connectivity index (χ1v) is 9.64. The molecule has 3 rings (SSSR count). The second-order valence-electron chi connectivity index (χ2n) is 7.75. The van der Waals surface area contributed by atoms with E-state index in [-0.39, 0.29) is 42.2 Å². The SMILES string of the molecule is Cc1ccc(-c2nc(C)sc2CC(=O)N2CCC(N)C(C)(C)C2)cc1.Cl.Cl. The molecule has 1 fully saturated rings. The third-order valence-electron chi connectivity index (χ3n) is 5.11. The maximum absolute atomic E-state index is 12.9. The molecule has 1 amide bonds.